The van der Waals surface area contributed by atoms with Gasteiger partial charge in [-0.15, -0.1) is 0 Å². The summed E-state index contributed by atoms with van der Waals surface area (Å²) in [5.74, 6) is 0.134. The van der Waals surface area contributed by atoms with Crippen molar-refractivity contribution in [3.05, 3.63) is 22.8 Å². The maximum Gasteiger partial charge on any atom is 0.339 e. The van der Waals surface area contributed by atoms with Crippen LogP contribution < -0.4 is 5.32 Å². The number of hydrogen-bond acceptors (Lipinski definition) is 3. The number of nitrogens with zero attached hydrogens (tertiary/aromatic N) is 1. The molecule has 0 spiro atoms. The van der Waals surface area contributed by atoms with Crippen molar-refractivity contribution < 1.29 is 9.90 Å². The smallest absolute Gasteiger partial charge is 0.339 e. The van der Waals surface area contributed by atoms with Crippen LogP contribution in [-0.2, 0) is 0 Å². The van der Waals surface area contributed by atoms with Gasteiger partial charge in [0.05, 0.1) is 0 Å². The third-order valence-corrected chi connectivity index (χ3v) is 4.00. The summed E-state index contributed by atoms with van der Waals surface area (Å²) < 4.78 is 0. The largest absolute Gasteiger partial charge is 0.478 e. The Balaban J connectivity index is 2.13. The first-order valence-corrected chi connectivity index (χ1v) is 7.14. The monoisotopic (exact) mass is 282 g/mol. The van der Waals surface area contributed by atoms with E-state index in [-0.39, 0.29) is 5.56 Å². The quantitative estimate of drug-likeness (QED) is 0.824. The molecule has 1 aliphatic rings. The second-order valence-corrected chi connectivity index (χ2v) is 5.50. The number of carboxylic acids is 1. The number of nitrogens with one attached hydrogen (secondary N) is 1. The van der Waals surface area contributed by atoms with Crippen molar-refractivity contribution in [2.24, 2.45) is 5.92 Å². The summed E-state index contributed by atoms with van der Waals surface area (Å²) in [5, 5.41) is 12.7. The molecular formula is C14H19ClN2O2. The number of aromatic nitrogens is 1. The molecule has 2 unspecified atom stereocenters. The van der Waals surface area contributed by atoms with Gasteiger partial charge in [-0.3, -0.25) is 0 Å². The Labute approximate surface area is 118 Å². The van der Waals surface area contributed by atoms with Crippen molar-refractivity contribution in [1.29, 1.82) is 0 Å². The Hall–Kier alpha value is -1.29. The van der Waals surface area contributed by atoms with E-state index < -0.39 is 5.97 Å². The van der Waals surface area contributed by atoms with E-state index in [1.165, 1.54) is 31.4 Å². The highest BCUT2D eigenvalue weighted by atomic mass is 35.5. The van der Waals surface area contributed by atoms with E-state index in [1.54, 1.807) is 0 Å². The molecule has 0 radical (unpaired) electrons. The minimum absolute atomic E-state index is 0.183. The molecule has 104 valence electrons. The molecule has 1 fully saturated rings. The predicted octanol–water partition coefficient (Wildman–Crippen LogP) is 3.81. The summed E-state index contributed by atoms with van der Waals surface area (Å²) in [7, 11) is 0. The van der Waals surface area contributed by atoms with Gasteiger partial charge in [-0.1, -0.05) is 37.8 Å². The summed E-state index contributed by atoms with van der Waals surface area (Å²) in [4.78, 5) is 15.3. The van der Waals surface area contributed by atoms with Crippen LogP contribution in [0.15, 0.2) is 12.1 Å². The molecule has 2 N–H and O–H groups in total. The van der Waals surface area contributed by atoms with Gasteiger partial charge < -0.3 is 10.4 Å². The van der Waals surface area contributed by atoms with Gasteiger partial charge in [-0.25, -0.2) is 9.78 Å². The zero-order valence-electron chi connectivity index (χ0n) is 11.0. The van der Waals surface area contributed by atoms with Gasteiger partial charge in [0.25, 0.3) is 0 Å². The molecule has 2 atom stereocenters. The fraction of sp³-hybridized carbons (Fsp3) is 0.571. The summed E-state index contributed by atoms with van der Waals surface area (Å²) in [6.45, 7) is 2.20. The lowest BCUT2D eigenvalue weighted by Gasteiger charge is -2.29. The summed E-state index contributed by atoms with van der Waals surface area (Å²) >= 11 is 5.85. The zero-order chi connectivity index (χ0) is 13.8. The minimum Gasteiger partial charge on any atom is -0.478 e. The molecule has 0 bridgehead atoms. The van der Waals surface area contributed by atoms with Crippen molar-refractivity contribution >= 4 is 23.4 Å². The van der Waals surface area contributed by atoms with E-state index in [1.807, 2.05) is 0 Å². The highest BCUT2D eigenvalue weighted by Crippen LogP contribution is 2.29. The Morgan fingerprint density at radius 3 is 3.00 bits per heavy atom. The van der Waals surface area contributed by atoms with E-state index in [2.05, 4.69) is 17.2 Å². The Kier molecular flexibility index (Phi) is 4.64. The third-order valence-electron chi connectivity index (χ3n) is 3.79. The molecule has 2 rings (SSSR count). The third kappa shape index (κ3) is 3.60. The van der Waals surface area contributed by atoms with E-state index >= 15 is 0 Å². The molecule has 1 aliphatic carbocycles. The van der Waals surface area contributed by atoms with Crippen LogP contribution >= 0.6 is 11.6 Å². The van der Waals surface area contributed by atoms with E-state index in [4.69, 9.17) is 16.7 Å². The van der Waals surface area contributed by atoms with Gasteiger partial charge >= 0.3 is 5.97 Å². The van der Waals surface area contributed by atoms with Crippen LogP contribution in [-0.4, -0.2) is 22.1 Å². The minimum atomic E-state index is -0.977. The van der Waals surface area contributed by atoms with Crippen LogP contribution in [0.5, 0.6) is 0 Å². The van der Waals surface area contributed by atoms with Crippen molar-refractivity contribution in [3.8, 4) is 0 Å². The molecule has 5 heteroatoms. The SMILES string of the molecule is CCC1CCCC(Nc2nc(Cl)ccc2C(=O)O)C1. The van der Waals surface area contributed by atoms with Gasteiger partial charge in [0, 0.05) is 6.04 Å². The first kappa shape index (κ1) is 14.1. The van der Waals surface area contributed by atoms with Crippen LogP contribution in [0.4, 0.5) is 5.82 Å². The van der Waals surface area contributed by atoms with Crippen molar-refractivity contribution in [2.75, 3.05) is 5.32 Å². The van der Waals surface area contributed by atoms with Crippen LogP contribution in [0.25, 0.3) is 0 Å². The molecule has 0 aliphatic heterocycles. The lowest BCUT2D eigenvalue weighted by molar-refractivity contribution is 0.0697. The van der Waals surface area contributed by atoms with E-state index in [0.717, 1.165) is 18.8 Å². The number of carboxylic acid groups (broad SMARTS) is 1. The average molecular weight is 283 g/mol. The number of aromatic carboxylic acids is 1. The molecule has 19 heavy (non-hydrogen) atoms. The lowest BCUT2D eigenvalue weighted by atomic mass is 9.84. The molecular weight excluding hydrogens is 264 g/mol. The molecule has 1 aromatic heterocycles. The zero-order valence-corrected chi connectivity index (χ0v) is 11.8. The summed E-state index contributed by atoms with van der Waals surface area (Å²) in [6.07, 6.45) is 5.75. The van der Waals surface area contributed by atoms with Crippen molar-refractivity contribution in [1.82, 2.24) is 4.98 Å². The van der Waals surface area contributed by atoms with Gasteiger partial charge in [0.15, 0.2) is 0 Å². The Bertz CT molecular complexity index is 465. The number of anilines is 1. The fourth-order valence-electron chi connectivity index (χ4n) is 2.70. The second kappa shape index (κ2) is 6.24. The van der Waals surface area contributed by atoms with Gasteiger partial charge in [0.2, 0.25) is 0 Å². The maximum absolute atomic E-state index is 11.2. The number of pyridine rings is 1. The highest BCUT2D eigenvalue weighted by molar-refractivity contribution is 6.29. The fourth-order valence-corrected chi connectivity index (χ4v) is 2.85. The predicted molar refractivity (Wildman–Crippen MR) is 75.9 cm³/mol. The molecule has 0 amide bonds. The Morgan fingerprint density at radius 2 is 2.32 bits per heavy atom. The summed E-state index contributed by atoms with van der Waals surface area (Å²) in [5.41, 5.74) is 0.183. The number of carbonyl (C=O) groups is 1. The van der Waals surface area contributed by atoms with Crippen LogP contribution in [0.3, 0.4) is 0 Å². The molecule has 1 saturated carbocycles. The Morgan fingerprint density at radius 1 is 1.53 bits per heavy atom. The van der Waals surface area contributed by atoms with Gasteiger partial charge in [0.1, 0.15) is 16.5 Å². The first-order chi connectivity index (χ1) is 9.10. The topological polar surface area (TPSA) is 62.2 Å². The molecule has 0 aromatic carbocycles. The number of halogens is 1. The molecule has 0 saturated heterocycles. The second-order valence-electron chi connectivity index (χ2n) is 5.12. The first-order valence-electron chi connectivity index (χ1n) is 6.76. The standard InChI is InChI=1S/C14H19ClN2O2/c1-2-9-4-3-5-10(8-9)16-13-11(14(18)19)6-7-12(15)17-13/h6-7,9-10H,2-5,8H2,1H3,(H,16,17)(H,18,19). The average Bonchev–Trinajstić information content (AvgIpc) is 2.38. The van der Waals surface area contributed by atoms with Crippen LogP contribution in [0, 0.1) is 5.92 Å². The molecule has 1 heterocycles. The number of hydrogen-bond donors (Lipinski definition) is 2. The van der Waals surface area contributed by atoms with Crippen LogP contribution in [0.2, 0.25) is 5.15 Å². The van der Waals surface area contributed by atoms with Crippen LogP contribution in [0.1, 0.15) is 49.4 Å². The lowest BCUT2D eigenvalue weighted by Crippen LogP contribution is -2.28. The maximum atomic E-state index is 11.2. The van der Waals surface area contributed by atoms with E-state index in [9.17, 15) is 4.79 Å². The molecule has 1 aromatic rings. The highest BCUT2D eigenvalue weighted by Gasteiger charge is 2.22. The molecule has 4 nitrogen and oxygen atoms in total. The normalized spacial score (nSPS) is 23.1. The summed E-state index contributed by atoms with van der Waals surface area (Å²) in [6, 6.07) is 3.30. The number of rotatable bonds is 4. The van der Waals surface area contributed by atoms with Gasteiger partial charge in [-0.05, 0) is 30.9 Å². The van der Waals surface area contributed by atoms with Crippen molar-refractivity contribution in [2.45, 2.75) is 45.1 Å². The van der Waals surface area contributed by atoms with E-state index in [0.29, 0.717) is 17.0 Å². The van der Waals surface area contributed by atoms with Gasteiger partial charge in [-0.2, -0.15) is 0 Å². The van der Waals surface area contributed by atoms with Crippen molar-refractivity contribution in [3.63, 3.8) is 0 Å².